The molecule has 0 fully saturated rings. The van der Waals surface area contributed by atoms with E-state index in [2.05, 4.69) is 54.2 Å². The van der Waals surface area contributed by atoms with Gasteiger partial charge in [-0.2, -0.15) is 0 Å². The number of methoxy groups -OCH3 is 1. The lowest BCUT2D eigenvalue weighted by Crippen LogP contribution is -2.17. The third-order valence-electron chi connectivity index (χ3n) is 3.39. The molecule has 0 aliphatic carbocycles. The van der Waals surface area contributed by atoms with Crippen LogP contribution in [0.25, 0.3) is 0 Å². The topological polar surface area (TPSA) is 38.3 Å². The highest BCUT2D eigenvalue weighted by Gasteiger charge is 2.08. The number of carbonyl (C=O) groups is 1. The molecule has 0 spiro atoms. The minimum atomic E-state index is -0.190. The van der Waals surface area contributed by atoms with E-state index in [1.54, 1.807) is 11.3 Å². The van der Waals surface area contributed by atoms with Gasteiger partial charge in [0, 0.05) is 22.3 Å². The molecule has 112 valence electrons. The number of benzene rings is 1. The molecule has 2 rings (SSSR count). The molecule has 1 heterocycles. The van der Waals surface area contributed by atoms with E-state index < -0.39 is 0 Å². The molecule has 2 aromatic rings. The van der Waals surface area contributed by atoms with Crippen LogP contribution in [-0.2, 0) is 22.5 Å². The van der Waals surface area contributed by atoms with Crippen molar-refractivity contribution in [2.24, 2.45) is 0 Å². The number of hydrogen-bond acceptors (Lipinski definition) is 4. The van der Waals surface area contributed by atoms with Crippen LogP contribution < -0.4 is 5.32 Å². The van der Waals surface area contributed by atoms with Crippen LogP contribution >= 0.6 is 11.3 Å². The summed E-state index contributed by atoms with van der Waals surface area (Å²) >= 11 is 1.65. The summed E-state index contributed by atoms with van der Waals surface area (Å²) in [7, 11) is 1.42. The van der Waals surface area contributed by atoms with Crippen LogP contribution in [0.2, 0.25) is 0 Å². The van der Waals surface area contributed by atoms with Crippen LogP contribution in [0.15, 0.2) is 36.4 Å². The Hall–Kier alpha value is -1.65. The Morgan fingerprint density at radius 2 is 2.05 bits per heavy atom. The molecule has 21 heavy (non-hydrogen) atoms. The number of nitrogens with one attached hydrogen (secondary N) is 1. The van der Waals surface area contributed by atoms with Crippen molar-refractivity contribution in [3.63, 3.8) is 0 Å². The molecule has 0 saturated carbocycles. The molecule has 0 aliphatic heterocycles. The summed E-state index contributed by atoms with van der Waals surface area (Å²) in [6.45, 7) is 5.08. The van der Waals surface area contributed by atoms with Crippen molar-refractivity contribution in [3.8, 4) is 0 Å². The monoisotopic (exact) mass is 303 g/mol. The molecule has 1 N–H and O–H groups in total. The van der Waals surface area contributed by atoms with Gasteiger partial charge in [0.2, 0.25) is 0 Å². The van der Waals surface area contributed by atoms with Gasteiger partial charge in [-0.05, 0) is 31.5 Å². The van der Waals surface area contributed by atoms with Crippen molar-refractivity contribution in [1.29, 1.82) is 0 Å². The average Bonchev–Trinajstić information content (AvgIpc) is 2.92. The number of hydrogen-bond donors (Lipinski definition) is 1. The zero-order valence-electron chi connectivity index (χ0n) is 12.7. The average molecular weight is 303 g/mol. The maximum atomic E-state index is 11.2. The van der Waals surface area contributed by atoms with Gasteiger partial charge in [-0.3, -0.25) is 4.79 Å². The van der Waals surface area contributed by atoms with Gasteiger partial charge in [0.25, 0.3) is 0 Å². The first-order valence-electron chi connectivity index (χ1n) is 7.03. The van der Waals surface area contributed by atoms with Gasteiger partial charge in [0.15, 0.2) is 0 Å². The van der Waals surface area contributed by atoms with Crippen molar-refractivity contribution in [2.75, 3.05) is 7.11 Å². The van der Waals surface area contributed by atoms with E-state index in [0.29, 0.717) is 12.5 Å². The van der Waals surface area contributed by atoms with E-state index in [-0.39, 0.29) is 5.97 Å². The lowest BCUT2D eigenvalue weighted by Gasteiger charge is -2.14. The Morgan fingerprint density at radius 3 is 2.76 bits per heavy atom. The molecule has 0 radical (unpaired) electrons. The van der Waals surface area contributed by atoms with E-state index in [1.165, 1.54) is 23.1 Å². The molecule has 0 amide bonds. The summed E-state index contributed by atoms with van der Waals surface area (Å²) < 4.78 is 4.68. The predicted octanol–water partition coefficient (Wildman–Crippen LogP) is 3.62. The smallest absolute Gasteiger partial charge is 0.310 e. The fraction of sp³-hybridized carbons (Fsp3) is 0.353. The van der Waals surface area contributed by atoms with Gasteiger partial charge in [0.05, 0.1) is 13.5 Å². The summed E-state index contributed by atoms with van der Waals surface area (Å²) in [4.78, 5) is 13.5. The zero-order valence-corrected chi connectivity index (χ0v) is 13.5. The van der Waals surface area contributed by atoms with Gasteiger partial charge >= 0.3 is 5.97 Å². The first-order chi connectivity index (χ1) is 10.1. The third kappa shape index (κ3) is 4.69. The summed E-state index contributed by atoms with van der Waals surface area (Å²) in [5.41, 5.74) is 2.57. The summed E-state index contributed by atoms with van der Waals surface area (Å²) in [6.07, 6.45) is 0.356. The molecule has 0 unspecified atom stereocenters. The predicted molar refractivity (Wildman–Crippen MR) is 86.5 cm³/mol. The van der Waals surface area contributed by atoms with Gasteiger partial charge in [-0.1, -0.05) is 29.8 Å². The van der Waals surface area contributed by atoms with Crippen LogP contribution in [0.5, 0.6) is 0 Å². The van der Waals surface area contributed by atoms with Crippen LogP contribution in [0.1, 0.15) is 33.8 Å². The second kappa shape index (κ2) is 7.38. The quantitative estimate of drug-likeness (QED) is 0.828. The highest BCUT2D eigenvalue weighted by Crippen LogP contribution is 2.19. The standard InChI is InChI=1S/C17H21NO2S/c1-12-5-4-6-14(9-12)13(2)18-11-16-8-7-15(21-16)10-17(19)20-3/h4-9,13,18H,10-11H2,1-3H3/t13-/m0/s1. The Balaban J connectivity index is 1.89. The normalized spacial score (nSPS) is 12.1. The largest absolute Gasteiger partial charge is 0.469 e. The van der Waals surface area contributed by atoms with Crippen LogP contribution in [-0.4, -0.2) is 13.1 Å². The second-order valence-electron chi connectivity index (χ2n) is 5.14. The van der Waals surface area contributed by atoms with Crippen LogP contribution in [0, 0.1) is 6.92 Å². The van der Waals surface area contributed by atoms with E-state index in [0.717, 1.165) is 11.4 Å². The number of rotatable bonds is 6. The molecule has 0 bridgehead atoms. The van der Waals surface area contributed by atoms with Crippen molar-refractivity contribution < 1.29 is 9.53 Å². The Morgan fingerprint density at radius 1 is 1.29 bits per heavy atom. The first-order valence-corrected chi connectivity index (χ1v) is 7.84. The maximum Gasteiger partial charge on any atom is 0.310 e. The molecular weight excluding hydrogens is 282 g/mol. The van der Waals surface area contributed by atoms with Crippen molar-refractivity contribution in [1.82, 2.24) is 5.32 Å². The van der Waals surface area contributed by atoms with Gasteiger partial charge in [-0.15, -0.1) is 11.3 Å². The fourth-order valence-corrected chi connectivity index (χ4v) is 3.09. The molecule has 0 saturated heterocycles. The molecular formula is C17H21NO2S. The van der Waals surface area contributed by atoms with Crippen LogP contribution in [0.3, 0.4) is 0 Å². The van der Waals surface area contributed by atoms with Gasteiger partial charge in [0.1, 0.15) is 0 Å². The summed E-state index contributed by atoms with van der Waals surface area (Å²) in [5.74, 6) is -0.190. The highest BCUT2D eigenvalue weighted by molar-refractivity contribution is 7.12. The first kappa shape index (κ1) is 15.7. The Kier molecular flexibility index (Phi) is 5.53. The van der Waals surface area contributed by atoms with Gasteiger partial charge in [-0.25, -0.2) is 0 Å². The molecule has 4 heteroatoms. The fourth-order valence-electron chi connectivity index (χ4n) is 2.14. The maximum absolute atomic E-state index is 11.2. The van der Waals surface area contributed by atoms with E-state index in [1.807, 2.05) is 6.07 Å². The molecule has 1 atom stereocenters. The minimum Gasteiger partial charge on any atom is -0.469 e. The van der Waals surface area contributed by atoms with Crippen molar-refractivity contribution >= 4 is 17.3 Å². The van der Waals surface area contributed by atoms with Crippen molar-refractivity contribution in [2.45, 2.75) is 32.9 Å². The number of esters is 1. The summed E-state index contributed by atoms with van der Waals surface area (Å²) in [6, 6.07) is 12.9. The molecule has 0 aliphatic rings. The van der Waals surface area contributed by atoms with E-state index >= 15 is 0 Å². The Labute approximate surface area is 130 Å². The Bertz CT molecular complexity index is 606. The highest BCUT2D eigenvalue weighted by atomic mass is 32.1. The van der Waals surface area contributed by atoms with E-state index in [9.17, 15) is 4.79 Å². The SMILES string of the molecule is COC(=O)Cc1ccc(CN[C@@H](C)c2cccc(C)c2)s1. The molecule has 1 aromatic carbocycles. The zero-order chi connectivity index (χ0) is 15.2. The van der Waals surface area contributed by atoms with E-state index in [4.69, 9.17) is 0 Å². The van der Waals surface area contributed by atoms with Gasteiger partial charge < -0.3 is 10.1 Å². The lowest BCUT2D eigenvalue weighted by molar-refractivity contribution is -0.139. The summed E-state index contributed by atoms with van der Waals surface area (Å²) in [5, 5.41) is 3.52. The lowest BCUT2D eigenvalue weighted by atomic mass is 10.1. The van der Waals surface area contributed by atoms with Crippen molar-refractivity contribution in [3.05, 3.63) is 57.3 Å². The molecule has 3 nitrogen and oxygen atoms in total. The minimum absolute atomic E-state index is 0.190. The number of carbonyl (C=O) groups excluding carboxylic acids is 1. The third-order valence-corrected chi connectivity index (χ3v) is 4.47. The second-order valence-corrected chi connectivity index (χ2v) is 6.39. The number of aryl methyl sites for hydroxylation is 1. The van der Waals surface area contributed by atoms with Crippen LogP contribution in [0.4, 0.5) is 0 Å². The number of thiophene rings is 1. The molecule has 1 aromatic heterocycles. The number of ether oxygens (including phenoxy) is 1.